The van der Waals surface area contributed by atoms with Crippen molar-refractivity contribution in [3.63, 3.8) is 0 Å². The Morgan fingerprint density at radius 1 is 0.947 bits per heavy atom. The third-order valence-corrected chi connectivity index (χ3v) is 6.69. The van der Waals surface area contributed by atoms with Gasteiger partial charge in [-0.15, -0.1) is 11.8 Å². The van der Waals surface area contributed by atoms with Crippen molar-refractivity contribution in [3.8, 4) is 0 Å². The van der Waals surface area contributed by atoms with Crippen molar-refractivity contribution in [2.75, 3.05) is 34.4 Å². The van der Waals surface area contributed by atoms with Crippen LogP contribution in [0.4, 0.5) is 4.79 Å². The van der Waals surface area contributed by atoms with Gasteiger partial charge in [0.1, 0.15) is 28.9 Å². The van der Waals surface area contributed by atoms with Gasteiger partial charge in [0.05, 0.1) is 14.2 Å². The number of nitrogens with zero attached hydrogens (tertiary/aromatic N) is 1. The first-order valence-electron chi connectivity index (χ1n) is 11.4. The monoisotopic (exact) mass is 565 g/mol. The maximum Gasteiger partial charge on any atom is 0.406 e. The Morgan fingerprint density at radius 2 is 1.53 bits per heavy atom. The molecule has 38 heavy (non-hydrogen) atoms. The summed E-state index contributed by atoms with van der Waals surface area (Å²) in [7, 11) is 3.77. The largest absolute Gasteiger partial charge is 0.463 e. The molecular weight excluding hydrogens is 530 g/mol. The highest BCUT2D eigenvalue weighted by atomic mass is 32.2. The van der Waals surface area contributed by atoms with Crippen LogP contribution in [0.15, 0.2) is 0 Å². The van der Waals surface area contributed by atoms with Gasteiger partial charge in [-0.1, -0.05) is 0 Å². The molecule has 0 aromatic rings. The molecule has 1 aliphatic heterocycles. The van der Waals surface area contributed by atoms with Crippen LogP contribution in [0.2, 0.25) is 0 Å². The van der Waals surface area contributed by atoms with Crippen molar-refractivity contribution < 1.29 is 57.3 Å². The van der Waals surface area contributed by atoms with E-state index >= 15 is 0 Å². The average Bonchev–Trinajstić information content (AvgIpc) is 2.83. The number of rotatable bonds is 11. The van der Waals surface area contributed by atoms with Crippen molar-refractivity contribution in [1.29, 1.82) is 0 Å². The number of hydroxylamine groups is 2. The second kappa shape index (κ2) is 14.7. The quantitative estimate of drug-likeness (QED) is 0.186. The molecule has 6 atom stereocenters. The van der Waals surface area contributed by atoms with Crippen LogP contribution in [-0.4, -0.2) is 110 Å². The first kappa shape index (κ1) is 32.9. The second-order valence-electron chi connectivity index (χ2n) is 8.40. The van der Waals surface area contributed by atoms with Gasteiger partial charge in [-0.3, -0.25) is 28.8 Å². The molecule has 0 aromatic heterocycles. The lowest BCUT2D eigenvalue weighted by molar-refractivity contribution is -0.212. The van der Waals surface area contributed by atoms with Gasteiger partial charge in [-0.2, -0.15) is 0 Å². The van der Waals surface area contributed by atoms with Crippen LogP contribution in [0.5, 0.6) is 0 Å². The number of methoxy groups -OCH3 is 1. The predicted octanol–water partition coefficient (Wildman–Crippen LogP) is -0.490. The van der Waals surface area contributed by atoms with Crippen LogP contribution < -0.4 is 10.6 Å². The van der Waals surface area contributed by atoms with Gasteiger partial charge in [0.25, 0.3) is 5.91 Å². The number of carbonyl (C=O) groups is 6. The Kier molecular flexibility index (Phi) is 12.8. The number of nitrogens with one attached hydrogen (secondary N) is 2. The van der Waals surface area contributed by atoms with E-state index in [9.17, 15) is 28.8 Å². The highest BCUT2D eigenvalue weighted by Crippen LogP contribution is 2.39. The van der Waals surface area contributed by atoms with Crippen LogP contribution in [0, 0.1) is 0 Å². The van der Waals surface area contributed by atoms with Crippen LogP contribution >= 0.6 is 11.8 Å². The van der Waals surface area contributed by atoms with E-state index < -0.39 is 77.0 Å². The number of hydrogen-bond donors (Lipinski definition) is 2. The summed E-state index contributed by atoms with van der Waals surface area (Å²) in [6.07, 6.45) is -4.57. The summed E-state index contributed by atoms with van der Waals surface area (Å²) in [5.74, 6) is -3.31. The smallest absolute Gasteiger partial charge is 0.406 e. The van der Waals surface area contributed by atoms with Crippen LogP contribution in [0.25, 0.3) is 0 Å². The van der Waals surface area contributed by atoms with E-state index in [0.29, 0.717) is 0 Å². The zero-order valence-electron chi connectivity index (χ0n) is 22.6. The van der Waals surface area contributed by atoms with Gasteiger partial charge in [0.15, 0.2) is 12.2 Å². The van der Waals surface area contributed by atoms with E-state index in [0.717, 1.165) is 44.7 Å². The van der Waals surface area contributed by atoms with Crippen LogP contribution in [0.3, 0.4) is 0 Å². The van der Waals surface area contributed by atoms with Gasteiger partial charge >= 0.3 is 24.0 Å². The van der Waals surface area contributed by atoms with Gasteiger partial charge in [0, 0.05) is 41.3 Å². The second-order valence-corrected chi connectivity index (χ2v) is 10.0. The fraction of sp³-hybridized carbons (Fsp3) is 0.727. The number of amides is 3. The Bertz CT molecular complexity index is 903. The predicted molar refractivity (Wildman–Crippen MR) is 130 cm³/mol. The summed E-state index contributed by atoms with van der Waals surface area (Å²) >= 11 is 0.861. The van der Waals surface area contributed by atoms with E-state index in [1.165, 1.54) is 28.0 Å². The molecule has 15 nitrogen and oxygen atoms in total. The summed E-state index contributed by atoms with van der Waals surface area (Å²) in [5, 5.41) is 6.02. The van der Waals surface area contributed by atoms with E-state index in [4.69, 9.17) is 23.8 Å². The fourth-order valence-corrected chi connectivity index (χ4v) is 5.01. The van der Waals surface area contributed by atoms with Crippen LogP contribution in [-0.2, 0) is 52.5 Å². The summed E-state index contributed by atoms with van der Waals surface area (Å²) in [5.41, 5.74) is -1.16. The van der Waals surface area contributed by atoms with Crippen molar-refractivity contribution in [2.45, 2.75) is 69.2 Å². The fourth-order valence-electron chi connectivity index (χ4n) is 3.54. The highest BCUT2D eigenvalue weighted by Gasteiger charge is 2.53. The zero-order valence-corrected chi connectivity index (χ0v) is 23.4. The van der Waals surface area contributed by atoms with Crippen molar-refractivity contribution in [3.05, 3.63) is 0 Å². The van der Waals surface area contributed by atoms with E-state index in [1.54, 1.807) is 0 Å². The Balaban J connectivity index is 3.60. The minimum atomic E-state index is -1.50. The summed E-state index contributed by atoms with van der Waals surface area (Å²) in [6.45, 7) is 5.42. The third kappa shape index (κ3) is 9.64. The topological polar surface area (TPSA) is 185 Å². The highest BCUT2D eigenvalue weighted by molar-refractivity contribution is 8.01. The molecule has 16 heteroatoms. The molecule has 216 valence electrons. The molecule has 5 unspecified atom stereocenters. The average molecular weight is 566 g/mol. The van der Waals surface area contributed by atoms with E-state index in [2.05, 4.69) is 15.4 Å². The Morgan fingerprint density at radius 3 is 2.00 bits per heavy atom. The number of esters is 3. The van der Waals surface area contributed by atoms with Crippen molar-refractivity contribution >= 4 is 47.6 Å². The molecule has 1 saturated heterocycles. The van der Waals surface area contributed by atoms with Gasteiger partial charge < -0.3 is 34.3 Å². The number of ether oxygens (including phenoxy) is 5. The molecule has 0 bridgehead atoms. The van der Waals surface area contributed by atoms with Crippen molar-refractivity contribution in [1.82, 2.24) is 15.7 Å². The summed E-state index contributed by atoms with van der Waals surface area (Å²) in [4.78, 5) is 77.7. The lowest BCUT2D eigenvalue weighted by Crippen LogP contribution is -2.66. The molecule has 3 amide bonds. The normalized spacial score (nSPS) is 24.2. The molecule has 0 aliphatic carbocycles. The summed E-state index contributed by atoms with van der Waals surface area (Å²) < 4.78 is 25.1. The van der Waals surface area contributed by atoms with Gasteiger partial charge in [-0.25, -0.2) is 9.86 Å². The first-order valence-corrected chi connectivity index (χ1v) is 12.2. The minimum absolute atomic E-state index is 0.274. The number of carbonyl (C=O) groups excluding carboxylic acids is 6. The number of hydrogen-bond acceptors (Lipinski definition) is 13. The molecule has 0 saturated carbocycles. The first-order chi connectivity index (χ1) is 17.6. The van der Waals surface area contributed by atoms with E-state index in [1.807, 2.05) is 0 Å². The standard InChI is InChI=1S/C22H35N3O12S/c1-11(26)24-16-18(36-14(4)29)17(35-13(3)28)15(9-34-12(2)27)37-19(16)38-22(5,10-23-21(31)32-7)20(30)25(6)33-8/h15-19H,9-10H2,1-8H3,(H,23,31)(H,24,26)/t15?,16?,17?,18?,19?,22-/m0/s1. The SMILES string of the molecule is COC(=O)NC[C@](C)(SC1OC(COC(C)=O)C(OC(C)=O)C(OC(C)=O)C1NC(C)=O)C(=O)N(C)OC. The lowest BCUT2D eigenvalue weighted by Gasteiger charge is -2.47. The number of thioether (sulfide) groups is 1. The van der Waals surface area contributed by atoms with Crippen molar-refractivity contribution in [2.24, 2.45) is 0 Å². The molecule has 1 fully saturated rings. The maximum absolute atomic E-state index is 13.3. The minimum Gasteiger partial charge on any atom is -0.463 e. The summed E-state index contributed by atoms with van der Waals surface area (Å²) in [6, 6.07) is -1.16. The van der Waals surface area contributed by atoms with Gasteiger partial charge in [0.2, 0.25) is 5.91 Å². The zero-order chi connectivity index (χ0) is 29.2. The third-order valence-electron chi connectivity index (χ3n) is 5.22. The van der Waals surface area contributed by atoms with E-state index in [-0.39, 0.29) is 6.54 Å². The molecule has 1 aliphatic rings. The molecule has 0 spiro atoms. The number of alkyl carbamates (subject to hydrolysis) is 1. The Labute approximate surface area is 224 Å². The van der Waals surface area contributed by atoms with Crippen LogP contribution in [0.1, 0.15) is 34.6 Å². The molecule has 1 heterocycles. The van der Waals surface area contributed by atoms with Gasteiger partial charge in [-0.05, 0) is 6.92 Å². The molecule has 2 N–H and O–H groups in total. The molecule has 1 rings (SSSR count). The molecule has 0 aromatic carbocycles. The lowest BCUT2D eigenvalue weighted by atomic mass is 9.97. The maximum atomic E-state index is 13.3. The Hall–Kier alpha value is -3.11. The molecule has 0 radical (unpaired) electrons. The molecular formula is C22H35N3O12S.